The Labute approximate surface area is 82.8 Å². The summed E-state index contributed by atoms with van der Waals surface area (Å²) in [6, 6.07) is 6.91. The molecular formula is C10H14N2O2. The molecule has 1 aromatic carbocycles. The normalized spacial score (nSPS) is 12.1. The molecule has 76 valence electrons. The number of primary amides is 1. The minimum absolute atomic E-state index is 0.463. The van der Waals surface area contributed by atoms with E-state index in [0.717, 1.165) is 0 Å². The van der Waals surface area contributed by atoms with Gasteiger partial charge >= 0.3 is 0 Å². The van der Waals surface area contributed by atoms with E-state index < -0.39 is 12.0 Å². The van der Waals surface area contributed by atoms with Crippen molar-refractivity contribution in [2.24, 2.45) is 5.73 Å². The van der Waals surface area contributed by atoms with Crippen molar-refractivity contribution >= 4 is 11.6 Å². The van der Waals surface area contributed by atoms with E-state index >= 15 is 0 Å². The van der Waals surface area contributed by atoms with Crippen LogP contribution in [0.2, 0.25) is 0 Å². The summed E-state index contributed by atoms with van der Waals surface area (Å²) in [5.41, 5.74) is 11.3. The zero-order chi connectivity index (χ0) is 10.6. The molecule has 0 fully saturated rings. The lowest BCUT2D eigenvalue weighted by Gasteiger charge is -2.13. The second-order valence-corrected chi connectivity index (χ2v) is 2.99. The second-order valence-electron chi connectivity index (χ2n) is 2.99. The van der Waals surface area contributed by atoms with Crippen LogP contribution in [0.3, 0.4) is 0 Å². The summed E-state index contributed by atoms with van der Waals surface area (Å²) in [6.07, 6.45) is -0.0405. The Bertz CT molecular complexity index is 326. The first-order chi connectivity index (χ1) is 6.63. The van der Waals surface area contributed by atoms with Crippen LogP contribution >= 0.6 is 0 Å². The number of hydrogen-bond donors (Lipinski definition) is 2. The first-order valence-electron chi connectivity index (χ1n) is 4.45. The number of hydrogen-bond acceptors (Lipinski definition) is 3. The Morgan fingerprint density at radius 3 is 2.79 bits per heavy atom. The van der Waals surface area contributed by atoms with Crippen LogP contribution in [0.4, 0.5) is 5.69 Å². The summed E-state index contributed by atoms with van der Waals surface area (Å²) < 4.78 is 5.35. The fraction of sp³-hybridized carbons (Fsp3) is 0.300. The summed E-state index contributed by atoms with van der Waals surface area (Å²) >= 11 is 0. The van der Waals surface area contributed by atoms with E-state index in [1.165, 1.54) is 0 Å². The van der Waals surface area contributed by atoms with Crippen molar-refractivity contribution in [2.45, 2.75) is 19.4 Å². The molecule has 0 saturated heterocycles. The molecule has 0 aliphatic heterocycles. The number of amides is 1. The monoisotopic (exact) mass is 194 g/mol. The predicted molar refractivity (Wildman–Crippen MR) is 54.8 cm³/mol. The highest BCUT2D eigenvalue weighted by molar-refractivity contribution is 5.79. The molecule has 0 bridgehead atoms. The highest BCUT2D eigenvalue weighted by Gasteiger charge is 2.14. The molecule has 0 aliphatic rings. The Morgan fingerprint density at radius 1 is 1.57 bits per heavy atom. The molecule has 1 atom stereocenters. The number of carbonyl (C=O) groups is 1. The molecule has 4 heteroatoms. The van der Waals surface area contributed by atoms with Gasteiger partial charge < -0.3 is 16.2 Å². The third-order valence-electron chi connectivity index (χ3n) is 1.82. The molecule has 4 N–H and O–H groups in total. The first kappa shape index (κ1) is 10.4. The molecular weight excluding hydrogens is 180 g/mol. The summed E-state index contributed by atoms with van der Waals surface area (Å²) in [4.78, 5) is 10.9. The molecule has 1 aromatic rings. The predicted octanol–water partition coefficient (Wildman–Crippen LogP) is 0.911. The van der Waals surface area contributed by atoms with Crippen LogP contribution < -0.4 is 16.2 Å². The summed E-state index contributed by atoms with van der Waals surface area (Å²) in [5.74, 6) is 0.102. The lowest BCUT2D eigenvalue weighted by Crippen LogP contribution is -2.32. The van der Waals surface area contributed by atoms with Gasteiger partial charge in [-0.1, -0.05) is 13.0 Å². The van der Waals surface area contributed by atoms with E-state index in [-0.39, 0.29) is 0 Å². The maximum Gasteiger partial charge on any atom is 0.258 e. The molecule has 1 amide bonds. The van der Waals surface area contributed by atoms with E-state index in [1.54, 1.807) is 24.3 Å². The minimum Gasteiger partial charge on any atom is -0.481 e. The average Bonchev–Trinajstić information content (AvgIpc) is 2.14. The molecule has 0 saturated carbocycles. The molecule has 14 heavy (non-hydrogen) atoms. The van der Waals surface area contributed by atoms with E-state index in [4.69, 9.17) is 16.2 Å². The van der Waals surface area contributed by atoms with Crippen molar-refractivity contribution in [3.63, 3.8) is 0 Å². The molecule has 4 nitrogen and oxygen atoms in total. The van der Waals surface area contributed by atoms with E-state index in [2.05, 4.69) is 0 Å². The number of benzene rings is 1. The molecule has 1 unspecified atom stereocenters. The van der Waals surface area contributed by atoms with Gasteiger partial charge in [-0.15, -0.1) is 0 Å². The largest absolute Gasteiger partial charge is 0.481 e. The van der Waals surface area contributed by atoms with Gasteiger partial charge in [0.1, 0.15) is 5.75 Å². The second kappa shape index (κ2) is 4.50. The van der Waals surface area contributed by atoms with Gasteiger partial charge in [0.15, 0.2) is 6.10 Å². The highest BCUT2D eigenvalue weighted by atomic mass is 16.5. The molecule has 0 heterocycles. The van der Waals surface area contributed by atoms with Gasteiger partial charge in [0.25, 0.3) is 5.91 Å². The number of anilines is 1. The standard InChI is InChI=1S/C10H14N2O2/c1-2-9(10(12)13)14-8-5-3-4-7(11)6-8/h3-6,9H,2,11H2,1H3,(H2,12,13). The summed E-state index contributed by atoms with van der Waals surface area (Å²) in [6.45, 7) is 1.84. The molecule has 0 radical (unpaired) electrons. The minimum atomic E-state index is -0.586. The molecule has 0 aliphatic carbocycles. The maximum absolute atomic E-state index is 10.9. The van der Waals surface area contributed by atoms with Crippen molar-refractivity contribution in [3.05, 3.63) is 24.3 Å². The fourth-order valence-electron chi connectivity index (χ4n) is 1.09. The van der Waals surface area contributed by atoms with Crippen LogP contribution in [0.15, 0.2) is 24.3 Å². The number of ether oxygens (including phenoxy) is 1. The molecule has 1 rings (SSSR count). The van der Waals surface area contributed by atoms with Crippen molar-refractivity contribution in [3.8, 4) is 5.75 Å². The van der Waals surface area contributed by atoms with Crippen molar-refractivity contribution < 1.29 is 9.53 Å². The van der Waals surface area contributed by atoms with Crippen molar-refractivity contribution in [2.75, 3.05) is 5.73 Å². The summed E-state index contributed by atoms with van der Waals surface area (Å²) in [7, 11) is 0. The van der Waals surface area contributed by atoms with Crippen LogP contribution in [-0.4, -0.2) is 12.0 Å². The number of nitrogen functional groups attached to an aromatic ring is 1. The van der Waals surface area contributed by atoms with Gasteiger partial charge in [-0.3, -0.25) is 4.79 Å². The van der Waals surface area contributed by atoms with Crippen LogP contribution in [0.1, 0.15) is 13.3 Å². The first-order valence-corrected chi connectivity index (χ1v) is 4.45. The van der Waals surface area contributed by atoms with Crippen LogP contribution in [-0.2, 0) is 4.79 Å². The third kappa shape index (κ3) is 2.65. The zero-order valence-electron chi connectivity index (χ0n) is 8.07. The number of nitrogens with two attached hydrogens (primary N) is 2. The van der Waals surface area contributed by atoms with Gasteiger partial charge in [0, 0.05) is 11.8 Å². The van der Waals surface area contributed by atoms with Crippen LogP contribution in [0.5, 0.6) is 5.75 Å². The summed E-state index contributed by atoms with van der Waals surface area (Å²) in [5, 5.41) is 0. The Morgan fingerprint density at radius 2 is 2.29 bits per heavy atom. The SMILES string of the molecule is CCC(Oc1cccc(N)c1)C(N)=O. The van der Waals surface area contributed by atoms with Gasteiger partial charge in [0.2, 0.25) is 0 Å². The Hall–Kier alpha value is -1.71. The Kier molecular flexibility index (Phi) is 3.34. The molecule has 0 aromatic heterocycles. The van der Waals surface area contributed by atoms with Gasteiger partial charge in [-0.2, -0.15) is 0 Å². The fourth-order valence-corrected chi connectivity index (χ4v) is 1.09. The molecule has 0 spiro atoms. The van der Waals surface area contributed by atoms with Gasteiger partial charge in [-0.25, -0.2) is 0 Å². The zero-order valence-corrected chi connectivity index (χ0v) is 8.07. The third-order valence-corrected chi connectivity index (χ3v) is 1.82. The number of carbonyl (C=O) groups excluding carboxylic acids is 1. The van der Waals surface area contributed by atoms with E-state index in [0.29, 0.717) is 17.9 Å². The van der Waals surface area contributed by atoms with Crippen molar-refractivity contribution in [1.29, 1.82) is 0 Å². The quantitative estimate of drug-likeness (QED) is 0.699. The van der Waals surface area contributed by atoms with Crippen LogP contribution in [0, 0.1) is 0 Å². The number of rotatable bonds is 4. The van der Waals surface area contributed by atoms with Gasteiger partial charge in [-0.05, 0) is 18.6 Å². The van der Waals surface area contributed by atoms with Gasteiger partial charge in [0.05, 0.1) is 0 Å². The average molecular weight is 194 g/mol. The lowest BCUT2D eigenvalue weighted by atomic mass is 10.2. The smallest absolute Gasteiger partial charge is 0.258 e. The van der Waals surface area contributed by atoms with E-state index in [9.17, 15) is 4.79 Å². The lowest BCUT2D eigenvalue weighted by molar-refractivity contribution is -0.124. The van der Waals surface area contributed by atoms with Crippen LogP contribution in [0.25, 0.3) is 0 Å². The van der Waals surface area contributed by atoms with E-state index in [1.807, 2.05) is 6.92 Å². The Balaban J connectivity index is 2.72. The maximum atomic E-state index is 10.9. The highest BCUT2D eigenvalue weighted by Crippen LogP contribution is 2.16. The topological polar surface area (TPSA) is 78.3 Å². The van der Waals surface area contributed by atoms with Crippen molar-refractivity contribution in [1.82, 2.24) is 0 Å².